The smallest absolute Gasteiger partial charge is 0.338 e. The highest BCUT2D eigenvalue weighted by Gasteiger charge is 2.30. The lowest BCUT2D eigenvalue weighted by Crippen LogP contribution is -2.37. The van der Waals surface area contributed by atoms with Crippen LogP contribution in [-0.2, 0) is 24.3 Å². The molecule has 0 atom stereocenters. The Morgan fingerprint density at radius 1 is 1.10 bits per heavy atom. The van der Waals surface area contributed by atoms with Crippen molar-refractivity contribution >= 4 is 39.4 Å². The predicted octanol–water partition coefficient (Wildman–Crippen LogP) is 3.26. The van der Waals surface area contributed by atoms with Crippen LogP contribution in [0, 0.1) is 6.92 Å². The number of carbonyl (C=O) groups excluding carboxylic acids is 2. The van der Waals surface area contributed by atoms with Crippen molar-refractivity contribution in [3.63, 3.8) is 0 Å². The van der Waals surface area contributed by atoms with Gasteiger partial charge in [0.1, 0.15) is 6.54 Å². The van der Waals surface area contributed by atoms with E-state index in [4.69, 9.17) is 4.74 Å². The molecule has 9 heteroatoms. The Kier molecular flexibility index (Phi) is 7.69. The van der Waals surface area contributed by atoms with Gasteiger partial charge in [-0.1, -0.05) is 6.07 Å². The summed E-state index contributed by atoms with van der Waals surface area (Å²) in [6.45, 7) is 2.95. The van der Waals surface area contributed by atoms with Gasteiger partial charge in [-0.05, 0) is 62.1 Å². The van der Waals surface area contributed by atoms with Crippen molar-refractivity contribution in [2.45, 2.75) is 23.6 Å². The van der Waals surface area contributed by atoms with Crippen molar-refractivity contribution in [3.8, 4) is 0 Å². The molecular weight excluding hydrogens is 414 g/mol. The number of sulfonamides is 1. The van der Waals surface area contributed by atoms with Crippen molar-refractivity contribution in [1.29, 1.82) is 0 Å². The largest absolute Gasteiger partial charge is 0.468 e. The molecule has 0 saturated heterocycles. The Morgan fingerprint density at radius 2 is 1.76 bits per heavy atom. The summed E-state index contributed by atoms with van der Waals surface area (Å²) in [5, 5.41) is 0. The minimum Gasteiger partial charge on any atom is -0.468 e. The highest BCUT2D eigenvalue weighted by Crippen LogP contribution is 2.30. The molecule has 0 aromatic heterocycles. The number of anilines is 1. The summed E-state index contributed by atoms with van der Waals surface area (Å²) in [5.74, 6) is -1.29. The number of methoxy groups -OCH3 is 1. The van der Waals surface area contributed by atoms with Crippen LogP contribution in [-0.4, -0.2) is 46.9 Å². The van der Waals surface area contributed by atoms with Crippen LogP contribution in [0.5, 0.6) is 0 Å². The molecule has 0 aliphatic carbocycles. The van der Waals surface area contributed by atoms with E-state index in [1.165, 1.54) is 37.1 Å². The average molecular weight is 438 g/mol. The van der Waals surface area contributed by atoms with Gasteiger partial charge in [-0.25, -0.2) is 13.2 Å². The van der Waals surface area contributed by atoms with Crippen molar-refractivity contribution in [1.82, 2.24) is 0 Å². The third-order valence-electron chi connectivity index (χ3n) is 4.22. The minimum atomic E-state index is -4.09. The van der Waals surface area contributed by atoms with Crippen LogP contribution < -0.4 is 4.31 Å². The number of rotatable bonds is 8. The summed E-state index contributed by atoms with van der Waals surface area (Å²) < 4.78 is 37.4. The summed E-state index contributed by atoms with van der Waals surface area (Å²) in [7, 11) is -2.91. The predicted molar refractivity (Wildman–Crippen MR) is 112 cm³/mol. The minimum absolute atomic E-state index is 0.0279. The van der Waals surface area contributed by atoms with Crippen LogP contribution in [0.3, 0.4) is 0 Å². The van der Waals surface area contributed by atoms with E-state index >= 15 is 0 Å². The number of thioether (sulfide) groups is 1. The highest BCUT2D eigenvalue weighted by atomic mass is 32.2. The number of carbonyl (C=O) groups is 2. The first-order chi connectivity index (χ1) is 13.8. The van der Waals surface area contributed by atoms with Crippen LogP contribution in [0.15, 0.2) is 52.3 Å². The van der Waals surface area contributed by atoms with E-state index in [2.05, 4.69) is 4.74 Å². The van der Waals surface area contributed by atoms with E-state index in [0.717, 1.165) is 9.20 Å². The molecule has 0 aliphatic heterocycles. The first kappa shape index (κ1) is 22.8. The van der Waals surface area contributed by atoms with Crippen molar-refractivity contribution in [3.05, 3.63) is 53.6 Å². The van der Waals surface area contributed by atoms with Crippen LogP contribution in [0.1, 0.15) is 22.8 Å². The molecule has 0 saturated carbocycles. The number of hydrogen-bond acceptors (Lipinski definition) is 7. The molecule has 0 N–H and O–H groups in total. The molecule has 2 aromatic rings. The maximum atomic E-state index is 13.3. The fourth-order valence-electron chi connectivity index (χ4n) is 2.68. The van der Waals surface area contributed by atoms with Crippen molar-refractivity contribution in [2.75, 3.05) is 30.8 Å². The molecular formula is C20H23NO6S2. The van der Waals surface area contributed by atoms with E-state index < -0.39 is 28.5 Å². The summed E-state index contributed by atoms with van der Waals surface area (Å²) >= 11 is 1.49. The molecule has 2 rings (SSSR count). The van der Waals surface area contributed by atoms with Gasteiger partial charge in [0.05, 0.1) is 29.9 Å². The fraction of sp³-hybridized carbons (Fsp3) is 0.300. The molecule has 0 bridgehead atoms. The molecule has 0 unspecified atom stereocenters. The van der Waals surface area contributed by atoms with Gasteiger partial charge in [0, 0.05) is 4.90 Å². The lowest BCUT2D eigenvalue weighted by Gasteiger charge is -2.25. The summed E-state index contributed by atoms with van der Waals surface area (Å²) in [4.78, 5) is 25.1. The summed E-state index contributed by atoms with van der Waals surface area (Å²) in [5.41, 5.74) is 0.821. The van der Waals surface area contributed by atoms with Gasteiger partial charge in [-0.2, -0.15) is 0 Å². The molecule has 2 aromatic carbocycles. The van der Waals surface area contributed by atoms with E-state index in [1.54, 1.807) is 38.1 Å². The number of nitrogens with zero attached hydrogens (tertiary/aromatic N) is 1. The lowest BCUT2D eigenvalue weighted by molar-refractivity contribution is -0.138. The quantitative estimate of drug-likeness (QED) is 0.462. The molecule has 0 spiro atoms. The third-order valence-corrected chi connectivity index (χ3v) is 6.73. The first-order valence-corrected chi connectivity index (χ1v) is 11.4. The van der Waals surface area contributed by atoms with Crippen molar-refractivity contribution < 1.29 is 27.5 Å². The standard InChI is InChI=1S/C20H23NO6S2/c1-5-27-20(23)17-7-6-8-18(14(17)2)21(13-19(22)26-3)29(24,25)16-11-9-15(28-4)10-12-16/h6-12H,5,13H2,1-4H3. The van der Waals surface area contributed by atoms with Gasteiger partial charge in [0.2, 0.25) is 0 Å². The van der Waals surface area contributed by atoms with Crippen LogP contribution in [0.2, 0.25) is 0 Å². The van der Waals surface area contributed by atoms with E-state index in [9.17, 15) is 18.0 Å². The molecule has 29 heavy (non-hydrogen) atoms. The van der Waals surface area contributed by atoms with Gasteiger partial charge < -0.3 is 9.47 Å². The Labute approximate surface area is 175 Å². The zero-order valence-electron chi connectivity index (χ0n) is 16.7. The normalized spacial score (nSPS) is 11.0. The van der Waals surface area contributed by atoms with Gasteiger partial charge in [-0.3, -0.25) is 9.10 Å². The second kappa shape index (κ2) is 9.80. The molecule has 156 valence electrons. The molecule has 0 fully saturated rings. The molecule has 0 radical (unpaired) electrons. The topological polar surface area (TPSA) is 90.0 Å². The zero-order valence-corrected chi connectivity index (χ0v) is 18.3. The van der Waals surface area contributed by atoms with Crippen LogP contribution in [0.25, 0.3) is 0 Å². The summed E-state index contributed by atoms with van der Waals surface area (Å²) in [6.07, 6.45) is 1.89. The number of esters is 2. The van der Waals surface area contributed by atoms with Gasteiger partial charge in [-0.15, -0.1) is 11.8 Å². The average Bonchev–Trinajstić information content (AvgIpc) is 2.72. The fourth-order valence-corrected chi connectivity index (χ4v) is 4.55. The number of benzene rings is 2. The second-order valence-electron chi connectivity index (χ2n) is 5.93. The Bertz CT molecular complexity index is 987. The van der Waals surface area contributed by atoms with Crippen LogP contribution in [0.4, 0.5) is 5.69 Å². The molecule has 0 amide bonds. The first-order valence-electron chi connectivity index (χ1n) is 8.76. The summed E-state index contributed by atoms with van der Waals surface area (Å²) in [6, 6.07) is 11.0. The van der Waals surface area contributed by atoms with E-state index in [0.29, 0.717) is 5.56 Å². The van der Waals surface area contributed by atoms with Crippen LogP contribution >= 0.6 is 11.8 Å². The third kappa shape index (κ3) is 5.10. The monoisotopic (exact) mass is 437 g/mol. The SMILES string of the molecule is CCOC(=O)c1cccc(N(CC(=O)OC)S(=O)(=O)c2ccc(SC)cc2)c1C. The molecule has 0 heterocycles. The van der Waals surface area contributed by atoms with Crippen molar-refractivity contribution in [2.24, 2.45) is 0 Å². The maximum Gasteiger partial charge on any atom is 0.338 e. The lowest BCUT2D eigenvalue weighted by atomic mass is 10.1. The number of ether oxygens (including phenoxy) is 2. The van der Waals surface area contributed by atoms with Gasteiger partial charge >= 0.3 is 11.9 Å². The second-order valence-corrected chi connectivity index (χ2v) is 8.68. The highest BCUT2D eigenvalue weighted by molar-refractivity contribution is 7.98. The number of hydrogen-bond donors (Lipinski definition) is 0. The maximum absolute atomic E-state index is 13.3. The Morgan fingerprint density at radius 3 is 2.31 bits per heavy atom. The molecule has 7 nitrogen and oxygen atoms in total. The molecule has 0 aliphatic rings. The zero-order chi connectivity index (χ0) is 21.6. The Balaban J connectivity index is 2.60. The van der Waals surface area contributed by atoms with Gasteiger partial charge in [0.25, 0.3) is 10.0 Å². The van der Waals surface area contributed by atoms with Gasteiger partial charge in [0.15, 0.2) is 0 Å². The Hall–Kier alpha value is -2.52. The van der Waals surface area contributed by atoms with E-state index in [1.807, 2.05) is 6.26 Å². The van der Waals surface area contributed by atoms with E-state index in [-0.39, 0.29) is 22.8 Å².